The molecule has 1 fully saturated rings. The third kappa shape index (κ3) is 3.70. The summed E-state index contributed by atoms with van der Waals surface area (Å²) < 4.78 is 0. The van der Waals surface area contributed by atoms with E-state index in [-0.39, 0.29) is 11.8 Å². The van der Waals surface area contributed by atoms with Crippen molar-refractivity contribution in [2.75, 3.05) is 26.2 Å². The van der Waals surface area contributed by atoms with E-state index in [0.29, 0.717) is 32.5 Å². The van der Waals surface area contributed by atoms with Crippen molar-refractivity contribution in [3.63, 3.8) is 0 Å². The Balaban J connectivity index is 2.53. The predicted octanol–water partition coefficient (Wildman–Crippen LogP) is 0.195. The SMILES string of the molecule is CCC(=O)N1CCCN(C(=O)C(N)CC)CC1. The van der Waals surface area contributed by atoms with Crippen molar-refractivity contribution in [3.8, 4) is 0 Å². The average Bonchev–Trinajstić information content (AvgIpc) is 2.61. The minimum absolute atomic E-state index is 0.0123. The van der Waals surface area contributed by atoms with Crippen LogP contribution in [0.4, 0.5) is 0 Å². The predicted molar refractivity (Wildman–Crippen MR) is 66.3 cm³/mol. The fourth-order valence-electron chi connectivity index (χ4n) is 2.02. The van der Waals surface area contributed by atoms with Gasteiger partial charge in [-0.25, -0.2) is 0 Å². The van der Waals surface area contributed by atoms with E-state index in [1.165, 1.54) is 0 Å². The number of nitrogens with two attached hydrogens (primary N) is 1. The summed E-state index contributed by atoms with van der Waals surface area (Å²) in [6.07, 6.45) is 2.03. The van der Waals surface area contributed by atoms with Crippen LogP contribution in [0.1, 0.15) is 33.1 Å². The molecule has 0 aromatic heterocycles. The van der Waals surface area contributed by atoms with Gasteiger partial charge < -0.3 is 15.5 Å². The van der Waals surface area contributed by atoms with E-state index in [1.54, 1.807) is 4.90 Å². The molecule has 0 aliphatic carbocycles. The van der Waals surface area contributed by atoms with E-state index < -0.39 is 6.04 Å². The first-order valence-corrected chi connectivity index (χ1v) is 6.42. The second-order valence-electron chi connectivity index (χ2n) is 4.43. The van der Waals surface area contributed by atoms with Gasteiger partial charge in [-0.15, -0.1) is 0 Å². The molecule has 5 nitrogen and oxygen atoms in total. The number of carbonyl (C=O) groups excluding carboxylic acids is 2. The minimum atomic E-state index is -0.400. The monoisotopic (exact) mass is 241 g/mol. The van der Waals surface area contributed by atoms with Crippen molar-refractivity contribution in [2.24, 2.45) is 5.73 Å². The van der Waals surface area contributed by atoms with Gasteiger partial charge in [0, 0.05) is 32.6 Å². The summed E-state index contributed by atoms with van der Waals surface area (Å²) in [7, 11) is 0. The van der Waals surface area contributed by atoms with Crippen LogP contribution in [0.25, 0.3) is 0 Å². The van der Waals surface area contributed by atoms with Gasteiger partial charge in [0.05, 0.1) is 6.04 Å². The van der Waals surface area contributed by atoms with E-state index in [2.05, 4.69) is 0 Å². The van der Waals surface area contributed by atoms with Gasteiger partial charge in [0.25, 0.3) is 0 Å². The highest BCUT2D eigenvalue weighted by atomic mass is 16.2. The van der Waals surface area contributed by atoms with Gasteiger partial charge >= 0.3 is 0 Å². The zero-order valence-corrected chi connectivity index (χ0v) is 10.8. The number of hydrogen-bond acceptors (Lipinski definition) is 3. The molecule has 1 aliphatic heterocycles. The third-order valence-electron chi connectivity index (χ3n) is 3.22. The Morgan fingerprint density at radius 3 is 2.29 bits per heavy atom. The topological polar surface area (TPSA) is 66.6 Å². The Morgan fingerprint density at radius 1 is 1.12 bits per heavy atom. The van der Waals surface area contributed by atoms with Crippen LogP contribution in [0.15, 0.2) is 0 Å². The molecule has 0 radical (unpaired) electrons. The van der Waals surface area contributed by atoms with E-state index in [9.17, 15) is 9.59 Å². The lowest BCUT2D eigenvalue weighted by atomic mass is 10.2. The van der Waals surface area contributed by atoms with Crippen molar-refractivity contribution in [1.29, 1.82) is 0 Å². The van der Waals surface area contributed by atoms with Gasteiger partial charge in [-0.2, -0.15) is 0 Å². The van der Waals surface area contributed by atoms with Crippen LogP contribution in [0.2, 0.25) is 0 Å². The van der Waals surface area contributed by atoms with Gasteiger partial charge in [0.1, 0.15) is 0 Å². The molecule has 0 saturated carbocycles. The molecule has 1 atom stereocenters. The summed E-state index contributed by atoms with van der Waals surface area (Å²) in [5, 5.41) is 0. The lowest BCUT2D eigenvalue weighted by molar-refractivity contribution is -0.134. The smallest absolute Gasteiger partial charge is 0.239 e. The molecule has 1 saturated heterocycles. The fraction of sp³-hybridized carbons (Fsp3) is 0.833. The zero-order valence-electron chi connectivity index (χ0n) is 10.8. The molecule has 17 heavy (non-hydrogen) atoms. The number of nitrogens with zero attached hydrogens (tertiary/aromatic N) is 2. The summed E-state index contributed by atoms with van der Waals surface area (Å²) in [4.78, 5) is 27.1. The summed E-state index contributed by atoms with van der Waals surface area (Å²) in [6.45, 7) is 6.47. The first-order chi connectivity index (χ1) is 8.10. The van der Waals surface area contributed by atoms with Gasteiger partial charge in [-0.05, 0) is 12.8 Å². The van der Waals surface area contributed by atoms with Gasteiger partial charge in [0.2, 0.25) is 11.8 Å². The van der Waals surface area contributed by atoms with Crippen molar-refractivity contribution in [2.45, 2.75) is 39.2 Å². The van der Waals surface area contributed by atoms with Crippen molar-refractivity contribution in [1.82, 2.24) is 9.80 Å². The zero-order chi connectivity index (χ0) is 12.8. The quantitative estimate of drug-likeness (QED) is 0.767. The van der Waals surface area contributed by atoms with Crippen molar-refractivity contribution < 1.29 is 9.59 Å². The first-order valence-electron chi connectivity index (χ1n) is 6.42. The molecule has 1 unspecified atom stereocenters. The van der Waals surface area contributed by atoms with Crippen LogP contribution in [0, 0.1) is 0 Å². The number of amides is 2. The maximum atomic E-state index is 11.9. The minimum Gasteiger partial charge on any atom is -0.341 e. The van der Waals surface area contributed by atoms with Gasteiger partial charge in [-0.3, -0.25) is 9.59 Å². The molecule has 1 aliphatic rings. The molecule has 2 amide bonds. The van der Waals surface area contributed by atoms with Crippen LogP contribution >= 0.6 is 0 Å². The Labute approximate surface area is 103 Å². The molecule has 2 N–H and O–H groups in total. The molecule has 0 aromatic rings. The average molecular weight is 241 g/mol. The number of hydrogen-bond donors (Lipinski definition) is 1. The lowest BCUT2D eigenvalue weighted by Crippen LogP contribution is -2.45. The normalized spacial score (nSPS) is 18.8. The van der Waals surface area contributed by atoms with Gasteiger partial charge in [0.15, 0.2) is 0 Å². The number of rotatable bonds is 3. The van der Waals surface area contributed by atoms with E-state index in [1.807, 2.05) is 18.7 Å². The Kier molecular flexibility index (Phi) is 5.41. The highest BCUT2D eigenvalue weighted by Gasteiger charge is 2.23. The van der Waals surface area contributed by atoms with Crippen molar-refractivity contribution in [3.05, 3.63) is 0 Å². The largest absolute Gasteiger partial charge is 0.341 e. The molecular weight excluding hydrogens is 218 g/mol. The van der Waals surface area contributed by atoms with Crippen LogP contribution < -0.4 is 5.73 Å². The van der Waals surface area contributed by atoms with Crippen LogP contribution in [0.3, 0.4) is 0 Å². The number of carbonyl (C=O) groups is 2. The summed E-state index contributed by atoms with van der Waals surface area (Å²) in [5.74, 6) is 0.178. The maximum absolute atomic E-state index is 11.9. The van der Waals surface area contributed by atoms with Crippen molar-refractivity contribution >= 4 is 11.8 Å². The summed E-state index contributed by atoms with van der Waals surface area (Å²) in [6, 6.07) is -0.400. The summed E-state index contributed by atoms with van der Waals surface area (Å²) in [5.41, 5.74) is 5.75. The molecule has 0 spiro atoms. The highest BCUT2D eigenvalue weighted by Crippen LogP contribution is 2.07. The molecule has 0 bridgehead atoms. The molecule has 0 aromatic carbocycles. The lowest BCUT2D eigenvalue weighted by Gasteiger charge is -2.24. The van der Waals surface area contributed by atoms with Crippen LogP contribution in [-0.4, -0.2) is 53.8 Å². The standard InChI is InChI=1S/C12H23N3O2/c1-3-10(13)12(17)15-7-5-6-14(8-9-15)11(16)4-2/h10H,3-9,13H2,1-2H3. The molecule has 98 valence electrons. The first kappa shape index (κ1) is 14.0. The highest BCUT2D eigenvalue weighted by molar-refractivity contribution is 5.81. The maximum Gasteiger partial charge on any atom is 0.239 e. The fourth-order valence-corrected chi connectivity index (χ4v) is 2.02. The Hall–Kier alpha value is -1.10. The van der Waals surface area contributed by atoms with Gasteiger partial charge in [-0.1, -0.05) is 13.8 Å². The Morgan fingerprint density at radius 2 is 1.71 bits per heavy atom. The second-order valence-corrected chi connectivity index (χ2v) is 4.43. The van der Waals surface area contributed by atoms with E-state index >= 15 is 0 Å². The van der Waals surface area contributed by atoms with E-state index in [0.717, 1.165) is 13.0 Å². The second kappa shape index (κ2) is 6.59. The summed E-state index contributed by atoms with van der Waals surface area (Å²) >= 11 is 0. The molecule has 1 rings (SSSR count). The van der Waals surface area contributed by atoms with Crippen LogP contribution in [0.5, 0.6) is 0 Å². The molecular formula is C12H23N3O2. The van der Waals surface area contributed by atoms with E-state index in [4.69, 9.17) is 5.73 Å². The Bertz CT molecular complexity index is 281. The molecule has 5 heteroatoms. The third-order valence-corrected chi connectivity index (χ3v) is 3.22. The molecule has 1 heterocycles. The van der Waals surface area contributed by atoms with Crippen LogP contribution in [-0.2, 0) is 9.59 Å².